The lowest BCUT2D eigenvalue weighted by Crippen LogP contribution is -2.19. The molecule has 0 unspecified atom stereocenters. The van der Waals surface area contributed by atoms with Crippen LogP contribution in [0.2, 0.25) is 0 Å². The number of methoxy groups -OCH3 is 1. The van der Waals surface area contributed by atoms with E-state index in [1.807, 2.05) is 0 Å². The Morgan fingerprint density at radius 2 is 1.97 bits per heavy atom. The molecule has 30 heavy (non-hydrogen) atoms. The van der Waals surface area contributed by atoms with E-state index in [-0.39, 0.29) is 17.6 Å². The number of anilines is 2. The van der Waals surface area contributed by atoms with Gasteiger partial charge in [0.2, 0.25) is 5.91 Å². The van der Waals surface area contributed by atoms with Crippen molar-refractivity contribution in [3.05, 3.63) is 45.8 Å². The molecule has 0 spiro atoms. The minimum Gasteiger partial charge on any atom is -0.497 e. The van der Waals surface area contributed by atoms with Crippen molar-refractivity contribution in [1.29, 1.82) is 0 Å². The second-order valence-corrected chi connectivity index (χ2v) is 9.80. The van der Waals surface area contributed by atoms with Crippen LogP contribution < -0.4 is 15.4 Å². The number of carbonyl (C=O) groups is 2. The van der Waals surface area contributed by atoms with Crippen LogP contribution in [0.1, 0.15) is 33.6 Å². The summed E-state index contributed by atoms with van der Waals surface area (Å²) in [4.78, 5) is 26.8. The predicted octanol–water partition coefficient (Wildman–Crippen LogP) is 4.47. The number of amides is 2. The molecule has 3 aromatic rings. The number of carbonyl (C=O) groups excluding carboxylic acids is 2. The van der Waals surface area contributed by atoms with E-state index in [2.05, 4.69) is 20.8 Å². The summed E-state index contributed by atoms with van der Waals surface area (Å²) in [7, 11) is 1.60. The van der Waals surface area contributed by atoms with Crippen molar-refractivity contribution in [2.75, 3.05) is 23.5 Å². The van der Waals surface area contributed by atoms with Crippen molar-refractivity contribution < 1.29 is 14.3 Å². The van der Waals surface area contributed by atoms with Crippen molar-refractivity contribution in [1.82, 2.24) is 10.2 Å². The average molecular weight is 461 g/mol. The number of thioether (sulfide) groups is 1. The summed E-state index contributed by atoms with van der Waals surface area (Å²) in [5.74, 6) is 0.581. The lowest BCUT2D eigenvalue weighted by Gasteiger charge is -2.13. The zero-order valence-electron chi connectivity index (χ0n) is 16.3. The lowest BCUT2D eigenvalue weighted by atomic mass is 9.95. The molecule has 1 aliphatic carbocycles. The summed E-state index contributed by atoms with van der Waals surface area (Å²) in [6.07, 6.45) is 3.95. The third-order valence-electron chi connectivity index (χ3n) is 4.67. The number of nitrogens with one attached hydrogen (secondary N) is 2. The molecule has 1 aliphatic rings. The van der Waals surface area contributed by atoms with Crippen LogP contribution in [0.3, 0.4) is 0 Å². The molecule has 0 saturated heterocycles. The Morgan fingerprint density at radius 1 is 1.17 bits per heavy atom. The zero-order chi connectivity index (χ0) is 20.9. The second-order valence-electron chi connectivity index (χ2n) is 6.64. The number of aryl methyl sites for hydroxylation is 1. The lowest BCUT2D eigenvalue weighted by molar-refractivity contribution is -0.113. The number of benzene rings is 1. The molecule has 2 N–H and O–H groups in total. The molecule has 0 saturated carbocycles. The maximum absolute atomic E-state index is 13.1. The molecule has 0 aliphatic heterocycles. The highest BCUT2D eigenvalue weighted by atomic mass is 32.2. The van der Waals surface area contributed by atoms with Gasteiger partial charge in [0.05, 0.1) is 18.4 Å². The third-order valence-corrected chi connectivity index (χ3v) is 7.73. The fourth-order valence-electron chi connectivity index (χ4n) is 3.28. The van der Waals surface area contributed by atoms with Gasteiger partial charge in [-0.1, -0.05) is 23.1 Å². The van der Waals surface area contributed by atoms with Crippen LogP contribution in [0, 0.1) is 0 Å². The van der Waals surface area contributed by atoms with Crippen LogP contribution in [0.15, 0.2) is 34.1 Å². The molecular formula is C20H20N4O3S3. The van der Waals surface area contributed by atoms with Gasteiger partial charge in [-0.3, -0.25) is 9.59 Å². The maximum Gasteiger partial charge on any atom is 0.258 e. The van der Waals surface area contributed by atoms with Gasteiger partial charge in [-0.25, -0.2) is 0 Å². The number of nitrogens with zero attached hydrogens (tertiary/aromatic N) is 2. The van der Waals surface area contributed by atoms with Gasteiger partial charge in [0, 0.05) is 10.6 Å². The monoisotopic (exact) mass is 460 g/mol. The van der Waals surface area contributed by atoms with Crippen molar-refractivity contribution in [2.45, 2.75) is 30.0 Å². The van der Waals surface area contributed by atoms with Crippen LogP contribution in [0.5, 0.6) is 5.75 Å². The quantitative estimate of drug-likeness (QED) is 0.505. The van der Waals surface area contributed by atoms with Crippen molar-refractivity contribution in [2.24, 2.45) is 0 Å². The second kappa shape index (κ2) is 9.59. The fraction of sp³-hybridized carbons (Fsp3) is 0.300. The van der Waals surface area contributed by atoms with E-state index in [0.717, 1.165) is 41.3 Å². The van der Waals surface area contributed by atoms with Crippen molar-refractivity contribution >= 4 is 56.9 Å². The Balaban J connectivity index is 1.52. The number of rotatable bonds is 7. The molecule has 7 nitrogen and oxygen atoms in total. The highest BCUT2D eigenvalue weighted by molar-refractivity contribution is 8.01. The van der Waals surface area contributed by atoms with Crippen LogP contribution in [-0.2, 0) is 17.6 Å². The minimum absolute atomic E-state index is 0.160. The topological polar surface area (TPSA) is 93.2 Å². The fourth-order valence-corrected chi connectivity index (χ4v) is 5.87. The van der Waals surface area contributed by atoms with Crippen LogP contribution in [0.25, 0.3) is 0 Å². The van der Waals surface area contributed by atoms with Crippen molar-refractivity contribution in [3.63, 3.8) is 0 Å². The van der Waals surface area contributed by atoms with E-state index in [1.165, 1.54) is 39.3 Å². The van der Waals surface area contributed by atoms with Gasteiger partial charge in [-0.2, -0.15) is 0 Å². The molecule has 0 bridgehead atoms. The Hall–Kier alpha value is -2.43. The summed E-state index contributed by atoms with van der Waals surface area (Å²) >= 11 is 4.24. The SMILES string of the molecule is COc1ccc(NC(=O)c2c(NC(=O)CSc3nncs3)sc3c2CCCC3)cc1. The molecule has 2 amide bonds. The Labute approximate surface area is 186 Å². The van der Waals surface area contributed by atoms with Crippen molar-refractivity contribution in [3.8, 4) is 5.75 Å². The molecule has 0 fully saturated rings. The van der Waals surface area contributed by atoms with Gasteiger partial charge in [0.15, 0.2) is 4.34 Å². The molecule has 1 aromatic carbocycles. The highest BCUT2D eigenvalue weighted by Crippen LogP contribution is 2.38. The first-order valence-electron chi connectivity index (χ1n) is 9.43. The smallest absolute Gasteiger partial charge is 0.258 e. The largest absolute Gasteiger partial charge is 0.497 e. The van der Waals surface area contributed by atoms with Gasteiger partial charge in [-0.05, 0) is 55.5 Å². The molecule has 0 atom stereocenters. The molecule has 10 heteroatoms. The summed E-state index contributed by atoms with van der Waals surface area (Å²) < 4.78 is 5.91. The summed E-state index contributed by atoms with van der Waals surface area (Å²) in [6.45, 7) is 0. The van der Waals surface area contributed by atoms with E-state index in [4.69, 9.17) is 4.74 Å². The van der Waals surface area contributed by atoms with Crippen LogP contribution >= 0.6 is 34.4 Å². The van der Waals surface area contributed by atoms with Gasteiger partial charge in [0.1, 0.15) is 16.3 Å². The van der Waals surface area contributed by atoms with E-state index in [0.29, 0.717) is 16.3 Å². The summed E-state index contributed by atoms with van der Waals surface area (Å²) in [6, 6.07) is 7.19. The molecular weight excluding hydrogens is 440 g/mol. The standard InChI is InChI=1S/C20H20N4O3S3/c1-27-13-8-6-12(7-9-13)22-18(26)17-14-4-2-3-5-15(14)30-19(17)23-16(25)10-28-20-24-21-11-29-20/h6-9,11H,2-5,10H2,1H3,(H,22,26)(H,23,25). The first-order valence-corrected chi connectivity index (χ1v) is 12.1. The number of ether oxygens (including phenoxy) is 1. The number of hydrogen-bond acceptors (Lipinski definition) is 8. The number of thiophene rings is 1. The predicted molar refractivity (Wildman–Crippen MR) is 121 cm³/mol. The highest BCUT2D eigenvalue weighted by Gasteiger charge is 2.26. The van der Waals surface area contributed by atoms with Crippen LogP contribution in [0.4, 0.5) is 10.7 Å². The van der Waals surface area contributed by atoms with Gasteiger partial charge in [0.25, 0.3) is 5.91 Å². The van der Waals surface area contributed by atoms with Gasteiger partial charge < -0.3 is 15.4 Å². The molecule has 156 valence electrons. The van der Waals surface area contributed by atoms with E-state index in [9.17, 15) is 9.59 Å². The van der Waals surface area contributed by atoms with Gasteiger partial charge in [-0.15, -0.1) is 21.5 Å². The molecule has 2 heterocycles. The van der Waals surface area contributed by atoms with E-state index < -0.39 is 0 Å². The minimum atomic E-state index is -0.202. The summed E-state index contributed by atoms with van der Waals surface area (Å²) in [5.41, 5.74) is 3.96. The average Bonchev–Trinajstić information content (AvgIpc) is 3.40. The Morgan fingerprint density at radius 3 is 2.70 bits per heavy atom. The summed E-state index contributed by atoms with van der Waals surface area (Å²) in [5, 5.41) is 14.2. The first-order chi connectivity index (χ1) is 14.6. The number of hydrogen-bond donors (Lipinski definition) is 2. The van der Waals surface area contributed by atoms with E-state index in [1.54, 1.807) is 36.9 Å². The van der Waals surface area contributed by atoms with Crippen LogP contribution in [-0.4, -0.2) is 34.9 Å². The molecule has 2 aromatic heterocycles. The molecule has 4 rings (SSSR count). The van der Waals surface area contributed by atoms with E-state index >= 15 is 0 Å². The normalized spacial score (nSPS) is 12.8. The maximum atomic E-state index is 13.1. The number of aromatic nitrogens is 2. The first kappa shape index (κ1) is 20.8. The Bertz CT molecular complexity index is 1030. The Kier molecular flexibility index (Phi) is 6.66. The molecule has 0 radical (unpaired) electrons. The zero-order valence-corrected chi connectivity index (χ0v) is 18.7. The number of fused-ring (bicyclic) bond motifs is 1. The van der Waals surface area contributed by atoms with Gasteiger partial charge >= 0.3 is 0 Å². The third kappa shape index (κ3) is 4.82.